The SMILES string of the molecule is C[C@]12CCC(O)CC1CC[C@H]1[C@@H]3CC[C@@H]4[C@@]5(CCC[C@]43CC[C@@H]12)CO5. The zero-order valence-corrected chi connectivity index (χ0v) is 16.0. The molecule has 0 amide bonds. The van der Waals surface area contributed by atoms with Crippen LogP contribution in [-0.2, 0) is 4.74 Å². The summed E-state index contributed by atoms with van der Waals surface area (Å²) >= 11 is 0. The average molecular weight is 345 g/mol. The first-order valence-electron chi connectivity index (χ1n) is 11.4. The first-order chi connectivity index (χ1) is 12.1. The first-order valence-corrected chi connectivity index (χ1v) is 11.4. The largest absolute Gasteiger partial charge is 0.393 e. The van der Waals surface area contributed by atoms with E-state index < -0.39 is 0 Å². The van der Waals surface area contributed by atoms with E-state index in [1.807, 2.05) is 0 Å². The number of rotatable bonds is 0. The third-order valence-electron chi connectivity index (χ3n) is 10.7. The van der Waals surface area contributed by atoms with Crippen molar-refractivity contribution in [2.24, 2.45) is 40.4 Å². The summed E-state index contributed by atoms with van der Waals surface area (Å²) in [5.41, 5.74) is 1.54. The molecule has 5 saturated carbocycles. The van der Waals surface area contributed by atoms with E-state index in [9.17, 15) is 5.11 Å². The molecule has 2 unspecified atom stereocenters. The molecule has 0 aromatic rings. The van der Waals surface area contributed by atoms with Crippen LogP contribution in [0.4, 0.5) is 0 Å². The Hall–Kier alpha value is -0.0800. The normalized spacial score (nSPS) is 62.6. The summed E-state index contributed by atoms with van der Waals surface area (Å²) in [6.07, 6.45) is 16.5. The first kappa shape index (κ1) is 15.9. The van der Waals surface area contributed by atoms with E-state index in [-0.39, 0.29) is 6.10 Å². The summed E-state index contributed by atoms with van der Waals surface area (Å²) in [5, 5.41) is 10.2. The predicted octanol–water partition coefficient (Wildman–Crippen LogP) is 4.94. The maximum absolute atomic E-state index is 10.2. The maximum atomic E-state index is 10.2. The standard InChI is InChI=1S/C23H36O2/c1-21-11-7-16(24)13-15(21)3-4-17-18(21)8-12-22-9-2-10-23(14-25-23)20(22)6-5-19(17)22/h15-20,24H,2-14H2,1H3/t15?,16?,17-,18+,19+,20+,21+,22-,23-/m1/s1. The molecule has 0 aromatic heterocycles. The van der Waals surface area contributed by atoms with Crippen LogP contribution >= 0.6 is 0 Å². The lowest BCUT2D eigenvalue weighted by Gasteiger charge is -2.62. The number of hydrogen-bond acceptors (Lipinski definition) is 2. The van der Waals surface area contributed by atoms with Crippen LogP contribution in [0.1, 0.15) is 84.0 Å². The summed E-state index contributed by atoms with van der Waals surface area (Å²) in [6.45, 7) is 3.70. The minimum Gasteiger partial charge on any atom is -0.393 e. The van der Waals surface area contributed by atoms with Crippen LogP contribution < -0.4 is 0 Å². The predicted molar refractivity (Wildman–Crippen MR) is 98.1 cm³/mol. The van der Waals surface area contributed by atoms with E-state index in [2.05, 4.69) is 6.92 Å². The van der Waals surface area contributed by atoms with Crippen molar-refractivity contribution in [1.29, 1.82) is 0 Å². The smallest absolute Gasteiger partial charge is 0.0949 e. The highest BCUT2D eigenvalue weighted by atomic mass is 16.6. The van der Waals surface area contributed by atoms with E-state index in [0.717, 1.165) is 49.0 Å². The van der Waals surface area contributed by atoms with Gasteiger partial charge in [-0.25, -0.2) is 0 Å². The van der Waals surface area contributed by atoms with Gasteiger partial charge in [0, 0.05) is 0 Å². The van der Waals surface area contributed by atoms with Crippen LogP contribution in [0.15, 0.2) is 0 Å². The number of aliphatic hydroxyl groups excluding tert-OH is 1. The molecular formula is C23H36O2. The molecule has 140 valence electrons. The van der Waals surface area contributed by atoms with Gasteiger partial charge < -0.3 is 9.84 Å². The highest BCUT2D eigenvalue weighted by molar-refractivity contribution is 5.18. The zero-order valence-electron chi connectivity index (χ0n) is 16.0. The van der Waals surface area contributed by atoms with Crippen LogP contribution in [0.3, 0.4) is 0 Å². The Bertz CT molecular complexity index is 568. The van der Waals surface area contributed by atoms with E-state index in [0.29, 0.717) is 16.4 Å². The Morgan fingerprint density at radius 3 is 2.60 bits per heavy atom. The van der Waals surface area contributed by atoms with Gasteiger partial charge in [-0.1, -0.05) is 6.92 Å². The van der Waals surface area contributed by atoms with Gasteiger partial charge in [0.25, 0.3) is 0 Å². The molecule has 25 heavy (non-hydrogen) atoms. The van der Waals surface area contributed by atoms with Gasteiger partial charge >= 0.3 is 0 Å². The number of ether oxygens (including phenoxy) is 1. The van der Waals surface area contributed by atoms with E-state index in [1.54, 1.807) is 0 Å². The maximum Gasteiger partial charge on any atom is 0.0949 e. The van der Waals surface area contributed by atoms with Gasteiger partial charge in [-0.05, 0) is 117 Å². The topological polar surface area (TPSA) is 32.8 Å². The third kappa shape index (κ3) is 1.94. The van der Waals surface area contributed by atoms with Gasteiger partial charge in [0.2, 0.25) is 0 Å². The molecule has 1 aliphatic heterocycles. The molecule has 0 radical (unpaired) electrons. The molecule has 2 nitrogen and oxygen atoms in total. The van der Waals surface area contributed by atoms with Gasteiger partial charge in [0.1, 0.15) is 0 Å². The van der Waals surface area contributed by atoms with Crippen LogP contribution in [0, 0.1) is 40.4 Å². The lowest BCUT2D eigenvalue weighted by Crippen LogP contribution is -2.56. The molecule has 6 aliphatic rings. The van der Waals surface area contributed by atoms with Gasteiger partial charge in [-0.2, -0.15) is 0 Å². The molecule has 2 spiro atoms. The van der Waals surface area contributed by atoms with Crippen molar-refractivity contribution in [2.75, 3.05) is 6.61 Å². The number of hydrogen-bond donors (Lipinski definition) is 1. The number of fused-ring (bicyclic) bond motifs is 5. The molecule has 1 saturated heterocycles. The Labute approximate surface area is 153 Å². The second-order valence-corrected chi connectivity index (χ2v) is 11.2. The second-order valence-electron chi connectivity index (χ2n) is 11.2. The molecule has 5 aliphatic carbocycles. The quantitative estimate of drug-likeness (QED) is 0.631. The van der Waals surface area contributed by atoms with Crippen LogP contribution in [0.2, 0.25) is 0 Å². The van der Waals surface area contributed by atoms with Crippen molar-refractivity contribution < 1.29 is 9.84 Å². The molecule has 0 aromatic carbocycles. The number of epoxide rings is 1. The molecule has 9 atom stereocenters. The number of aliphatic hydroxyl groups is 1. The Morgan fingerprint density at radius 1 is 0.880 bits per heavy atom. The van der Waals surface area contributed by atoms with Crippen LogP contribution in [0.25, 0.3) is 0 Å². The van der Waals surface area contributed by atoms with Crippen LogP contribution in [0.5, 0.6) is 0 Å². The van der Waals surface area contributed by atoms with Crippen molar-refractivity contribution in [3.8, 4) is 0 Å². The van der Waals surface area contributed by atoms with E-state index >= 15 is 0 Å². The summed E-state index contributed by atoms with van der Waals surface area (Å²) in [4.78, 5) is 0. The Morgan fingerprint density at radius 2 is 1.76 bits per heavy atom. The molecule has 1 N–H and O–H groups in total. The van der Waals surface area contributed by atoms with Gasteiger partial charge in [-0.3, -0.25) is 0 Å². The molecule has 6 fully saturated rings. The van der Waals surface area contributed by atoms with E-state index in [4.69, 9.17) is 4.74 Å². The summed E-state index contributed by atoms with van der Waals surface area (Å²) < 4.78 is 6.12. The Balaban J connectivity index is 1.33. The minimum atomic E-state index is -0.00867. The molecule has 6 rings (SSSR count). The summed E-state index contributed by atoms with van der Waals surface area (Å²) in [6, 6.07) is 0. The zero-order chi connectivity index (χ0) is 16.9. The van der Waals surface area contributed by atoms with Crippen molar-refractivity contribution in [3.63, 3.8) is 0 Å². The summed E-state index contributed by atoms with van der Waals surface area (Å²) in [7, 11) is 0. The fraction of sp³-hybridized carbons (Fsp3) is 1.00. The van der Waals surface area contributed by atoms with Crippen molar-refractivity contribution in [2.45, 2.75) is 95.7 Å². The Kier molecular flexibility index (Phi) is 3.21. The van der Waals surface area contributed by atoms with Crippen molar-refractivity contribution in [1.82, 2.24) is 0 Å². The highest BCUT2D eigenvalue weighted by Gasteiger charge is 2.69. The van der Waals surface area contributed by atoms with Crippen molar-refractivity contribution >= 4 is 0 Å². The fourth-order valence-electron chi connectivity index (χ4n) is 9.65. The van der Waals surface area contributed by atoms with E-state index in [1.165, 1.54) is 64.2 Å². The van der Waals surface area contributed by atoms with Gasteiger partial charge in [0.15, 0.2) is 0 Å². The minimum absolute atomic E-state index is 0.00867. The summed E-state index contributed by atoms with van der Waals surface area (Å²) in [5.74, 6) is 4.64. The lowest BCUT2D eigenvalue weighted by atomic mass is 9.43. The fourth-order valence-corrected chi connectivity index (χ4v) is 9.65. The third-order valence-corrected chi connectivity index (χ3v) is 10.7. The molecule has 1 heterocycles. The highest BCUT2D eigenvalue weighted by Crippen LogP contribution is 2.73. The monoisotopic (exact) mass is 344 g/mol. The molecule has 0 bridgehead atoms. The molecular weight excluding hydrogens is 308 g/mol. The van der Waals surface area contributed by atoms with Crippen LogP contribution in [-0.4, -0.2) is 23.4 Å². The molecule has 2 heteroatoms. The van der Waals surface area contributed by atoms with Gasteiger partial charge in [0.05, 0.1) is 18.3 Å². The van der Waals surface area contributed by atoms with Crippen molar-refractivity contribution in [3.05, 3.63) is 0 Å². The average Bonchev–Trinajstić information content (AvgIpc) is 3.24. The lowest BCUT2D eigenvalue weighted by molar-refractivity contribution is -0.142. The van der Waals surface area contributed by atoms with Gasteiger partial charge in [-0.15, -0.1) is 0 Å². The second kappa shape index (κ2) is 5.04.